The summed E-state index contributed by atoms with van der Waals surface area (Å²) in [6.45, 7) is 0. The number of hydrazine groups is 1. The molecule has 3 N–H and O–H groups in total. The zero-order valence-corrected chi connectivity index (χ0v) is 8.74. The topological polar surface area (TPSA) is 51.2 Å². The Morgan fingerprint density at radius 1 is 1.27 bits per heavy atom. The minimum Gasteiger partial charge on any atom is -0.467 e. The number of hydrogen-bond acceptors (Lipinski definition) is 3. The van der Waals surface area contributed by atoms with E-state index < -0.39 is 0 Å². The predicted octanol–water partition coefficient (Wildman–Crippen LogP) is 2.49. The van der Waals surface area contributed by atoms with Crippen molar-refractivity contribution in [1.29, 1.82) is 0 Å². The van der Waals surface area contributed by atoms with E-state index in [2.05, 4.69) is 5.43 Å². The van der Waals surface area contributed by atoms with Gasteiger partial charge in [-0.1, -0.05) is 23.7 Å². The summed E-state index contributed by atoms with van der Waals surface area (Å²) in [5.74, 6) is 6.26. The van der Waals surface area contributed by atoms with Gasteiger partial charge in [0.2, 0.25) is 0 Å². The fourth-order valence-corrected chi connectivity index (χ4v) is 1.68. The van der Waals surface area contributed by atoms with Gasteiger partial charge in [0.25, 0.3) is 0 Å². The molecule has 0 fully saturated rings. The summed E-state index contributed by atoms with van der Waals surface area (Å²) in [4.78, 5) is 0. The van der Waals surface area contributed by atoms with E-state index in [0.29, 0.717) is 5.02 Å². The van der Waals surface area contributed by atoms with Crippen molar-refractivity contribution in [2.24, 2.45) is 5.84 Å². The highest BCUT2D eigenvalue weighted by Crippen LogP contribution is 2.23. The zero-order valence-electron chi connectivity index (χ0n) is 7.98. The average Bonchev–Trinajstić information content (AvgIpc) is 2.72. The molecule has 1 unspecified atom stereocenters. The molecular formula is C11H11ClN2O. The summed E-state index contributed by atoms with van der Waals surface area (Å²) in [5.41, 5.74) is 3.67. The molecule has 0 aliphatic carbocycles. The van der Waals surface area contributed by atoms with Gasteiger partial charge in [0.1, 0.15) is 11.8 Å². The van der Waals surface area contributed by atoms with Crippen LogP contribution in [0.4, 0.5) is 0 Å². The van der Waals surface area contributed by atoms with Crippen LogP contribution in [-0.2, 0) is 0 Å². The Hall–Kier alpha value is -1.29. The van der Waals surface area contributed by atoms with Crippen LogP contribution in [0.3, 0.4) is 0 Å². The molecule has 0 spiro atoms. The predicted molar refractivity (Wildman–Crippen MR) is 59.3 cm³/mol. The second-order valence-corrected chi connectivity index (χ2v) is 3.61. The van der Waals surface area contributed by atoms with Gasteiger partial charge in [-0.05, 0) is 29.8 Å². The summed E-state index contributed by atoms with van der Waals surface area (Å²) in [7, 11) is 0. The van der Waals surface area contributed by atoms with Crippen molar-refractivity contribution in [1.82, 2.24) is 5.43 Å². The lowest BCUT2D eigenvalue weighted by Gasteiger charge is -2.13. The lowest BCUT2D eigenvalue weighted by Crippen LogP contribution is -2.28. The van der Waals surface area contributed by atoms with E-state index in [-0.39, 0.29) is 6.04 Å². The Morgan fingerprint density at radius 3 is 2.73 bits per heavy atom. The first-order chi connectivity index (χ1) is 7.31. The maximum Gasteiger partial charge on any atom is 0.126 e. The largest absolute Gasteiger partial charge is 0.467 e. The molecule has 1 heterocycles. The first-order valence-electron chi connectivity index (χ1n) is 4.56. The quantitative estimate of drug-likeness (QED) is 0.620. The minimum absolute atomic E-state index is 0.168. The molecule has 0 amide bonds. The third-order valence-corrected chi connectivity index (χ3v) is 2.41. The molecule has 4 heteroatoms. The molecule has 0 saturated heterocycles. The fraction of sp³-hybridized carbons (Fsp3) is 0.0909. The fourth-order valence-electron chi connectivity index (χ4n) is 1.48. The highest BCUT2D eigenvalue weighted by Gasteiger charge is 2.14. The van der Waals surface area contributed by atoms with Crippen molar-refractivity contribution in [3.63, 3.8) is 0 Å². The molecule has 15 heavy (non-hydrogen) atoms. The van der Waals surface area contributed by atoms with E-state index in [9.17, 15) is 0 Å². The number of rotatable bonds is 3. The maximum absolute atomic E-state index is 5.91. The second-order valence-electron chi connectivity index (χ2n) is 3.17. The molecule has 1 atom stereocenters. The van der Waals surface area contributed by atoms with Crippen molar-refractivity contribution in [2.75, 3.05) is 0 Å². The summed E-state index contributed by atoms with van der Waals surface area (Å²) >= 11 is 5.91. The number of nitrogens with one attached hydrogen (secondary N) is 1. The van der Waals surface area contributed by atoms with Crippen molar-refractivity contribution in [3.8, 4) is 0 Å². The number of halogens is 1. The van der Waals surface area contributed by atoms with E-state index >= 15 is 0 Å². The van der Waals surface area contributed by atoms with Gasteiger partial charge in [0, 0.05) is 5.02 Å². The van der Waals surface area contributed by atoms with Gasteiger partial charge in [0.05, 0.1) is 6.26 Å². The Labute approximate surface area is 92.8 Å². The van der Waals surface area contributed by atoms with E-state index in [4.69, 9.17) is 21.9 Å². The summed E-state index contributed by atoms with van der Waals surface area (Å²) < 4.78 is 5.30. The molecule has 1 aromatic heterocycles. The van der Waals surface area contributed by atoms with Crippen molar-refractivity contribution >= 4 is 11.6 Å². The first kappa shape index (κ1) is 10.2. The third-order valence-electron chi connectivity index (χ3n) is 2.18. The Morgan fingerprint density at radius 2 is 2.13 bits per heavy atom. The SMILES string of the molecule is NNC(c1cccc(Cl)c1)c1ccco1. The maximum atomic E-state index is 5.91. The van der Waals surface area contributed by atoms with Gasteiger partial charge >= 0.3 is 0 Å². The molecule has 0 aliphatic heterocycles. The third kappa shape index (κ3) is 2.21. The van der Waals surface area contributed by atoms with Gasteiger partial charge < -0.3 is 4.42 Å². The van der Waals surface area contributed by atoms with Crippen LogP contribution < -0.4 is 11.3 Å². The smallest absolute Gasteiger partial charge is 0.126 e. The lowest BCUT2D eigenvalue weighted by molar-refractivity contribution is 0.452. The van der Waals surface area contributed by atoms with Gasteiger partial charge in [0.15, 0.2) is 0 Å². The van der Waals surface area contributed by atoms with Crippen molar-refractivity contribution in [3.05, 3.63) is 59.0 Å². The molecule has 0 bridgehead atoms. The highest BCUT2D eigenvalue weighted by molar-refractivity contribution is 6.30. The van der Waals surface area contributed by atoms with E-state index in [1.165, 1.54) is 0 Å². The van der Waals surface area contributed by atoms with Crippen LogP contribution in [-0.4, -0.2) is 0 Å². The molecule has 2 rings (SSSR count). The standard InChI is InChI=1S/C11H11ClN2O/c12-9-4-1-3-8(7-9)11(14-13)10-5-2-6-15-10/h1-7,11,14H,13H2. The summed E-state index contributed by atoms with van der Waals surface area (Å²) in [6, 6.07) is 11.0. The van der Waals surface area contributed by atoms with Crippen LogP contribution in [0.15, 0.2) is 47.1 Å². The number of furan rings is 1. The Bertz CT molecular complexity index is 428. The number of nitrogens with two attached hydrogens (primary N) is 1. The average molecular weight is 223 g/mol. The lowest BCUT2D eigenvalue weighted by atomic mass is 10.1. The first-order valence-corrected chi connectivity index (χ1v) is 4.94. The van der Waals surface area contributed by atoms with Crippen LogP contribution in [0.5, 0.6) is 0 Å². The normalized spacial score (nSPS) is 12.7. The molecule has 0 radical (unpaired) electrons. The van der Waals surface area contributed by atoms with Gasteiger partial charge in [-0.15, -0.1) is 0 Å². The van der Waals surface area contributed by atoms with Crippen LogP contribution in [0.1, 0.15) is 17.4 Å². The molecule has 0 aliphatic rings. The molecule has 3 nitrogen and oxygen atoms in total. The molecule has 1 aromatic carbocycles. The molecular weight excluding hydrogens is 212 g/mol. The van der Waals surface area contributed by atoms with Gasteiger partial charge in [-0.2, -0.15) is 0 Å². The number of benzene rings is 1. The summed E-state index contributed by atoms with van der Waals surface area (Å²) in [5, 5.41) is 0.680. The van der Waals surface area contributed by atoms with Crippen molar-refractivity contribution in [2.45, 2.75) is 6.04 Å². The Kier molecular flexibility index (Phi) is 3.06. The van der Waals surface area contributed by atoms with E-state index in [1.54, 1.807) is 6.26 Å². The van der Waals surface area contributed by atoms with Crippen LogP contribution in [0.2, 0.25) is 5.02 Å². The zero-order chi connectivity index (χ0) is 10.7. The van der Waals surface area contributed by atoms with Crippen LogP contribution >= 0.6 is 11.6 Å². The minimum atomic E-state index is -0.168. The number of hydrogen-bond donors (Lipinski definition) is 2. The molecule has 78 valence electrons. The summed E-state index contributed by atoms with van der Waals surface area (Å²) in [6.07, 6.45) is 1.62. The highest BCUT2D eigenvalue weighted by atomic mass is 35.5. The van der Waals surface area contributed by atoms with Crippen LogP contribution in [0.25, 0.3) is 0 Å². The van der Waals surface area contributed by atoms with Crippen molar-refractivity contribution < 1.29 is 4.42 Å². The van der Waals surface area contributed by atoms with Crippen LogP contribution in [0, 0.1) is 0 Å². The van der Waals surface area contributed by atoms with E-state index in [0.717, 1.165) is 11.3 Å². The Balaban J connectivity index is 2.35. The second kappa shape index (κ2) is 4.49. The van der Waals surface area contributed by atoms with E-state index in [1.807, 2.05) is 36.4 Å². The molecule has 2 aromatic rings. The molecule has 0 saturated carbocycles. The van der Waals surface area contributed by atoms with Gasteiger partial charge in [-0.3, -0.25) is 5.84 Å². The monoisotopic (exact) mass is 222 g/mol. The van der Waals surface area contributed by atoms with Gasteiger partial charge in [-0.25, -0.2) is 5.43 Å².